The zero-order valence-corrected chi connectivity index (χ0v) is 12.2. The fraction of sp³-hybridized carbons (Fsp3) is 0.167. The molecule has 0 fully saturated rings. The first-order chi connectivity index (χ1) is 9.85. The van der Waals surface area contributed by atoms with Gasteiger partial charge in [0.15, 0.2) is 10.8 Å². The van der Waals surface area contributed by atoms with Gasteiger partial charge < -0.3 is 15.0 Å². The van der Waals surface area contributed by atoms with E-state index in [0.717, 1.165) is 0 Å². The standard InChI is InChI=1S/C12H14N4O4S/c1-16-7-14-10(13)11(16)21(18,19)15-9-5-3-4-8(6-9)12(17)20-2/h3-7,15H,13H2,1-2H3. The van der Waals surface area contributed by atoms with Crippen molar-refractivity contribution in [3.63, 3.8) is 0 Å². The van der Waals surface area contributed by atoms with Crippen LogP contribution in [0.1, 0.15) is 10.4 Å². The zero-order chi connectivity index (χ0) is 15.6. The monoisotopic (exact) mass is 310 g/mol. The number of esters is 1. The number of imidazole rings is 1. The number of sulfonamides is 1. The second-order valence-corrected chi connectivity index (χ2v) is 5.82. The van der Waals surface area contributed by atoms with Crippen LogP contribution in [0.25, 0.3) is 0 Å². The predicted molar refractivity (Wildman–Crippen MR) is 76.2 cm³/mol. The molecule has 1 aromatic carbocycles. The van der Waals surface area contributed by atoms with Gasteiger partial charge in [0.1, 0.15) is 0 Å². The fourth-order valence-corrected chi connectivity index (χ4v) is 3.08. The summed E-state index contributed by atoms with van der Waals surface area (Å²) in [6, 6.07) is 5.94. The van der Waals surface area contributed by atoms with E-state index in [9.17, 15) is 13.2 Å². The minimum Gasteiger partial charge on any atom is -0.465 e. The minimum atomic E-state index is -3.91. The van der Waals surface area contributed by atoms with Gasteiger partial charge in [0, 0.05) is 12.7 Å². The molecule has 0 saturated carbocycles. The molecule has 0 aliphatic rings. The molecule has 1 aromatic heterocycles. The van der Waals surface area contributed by atoms with E-state index in [4.69, 9.17) is 5.73 Å². The summed E-state index contributed by atoms with van der Waals surface area (Å²) >= 11 is 0. The number of carbonyl (C=O) groups excluding carboxylic acids is 1. The number of aromatic nitrogens is 2. The molecule has 0 aliphatic heterocycles. The molecule has 2 aromatic rings. The number of methoxy groups -OCH3 is 1. The number of anilines is 2. The second-order valence-electron chi connectivity index (χ2n) is 4.22. The van der Waals surface area contributed by atoms with Crippen LogP contribution in [0.4, 0.5) is 11.5 Å². The third-order valence-corrected chi connectivity index (χ3v) is 4.21. The van der Waals surface area contributed by atoms with Crippen LogP contribution in [-0.2, 0) is 21.8 Å². The predicted octanol–water partition coefficient (Wildman–Crippen LogP) is 0.590. The number of ether oxygens (including phenoxy) is 1. The van der Waals surface area contributed by atoms with Gasteiger partial charge in [-0.25, -0.2) is 9.78 Å². The van der Waals surface area contributed by atoms with Crippen molar-refractivity contribution in [2.24, 2.45) is 7.05 Å². The van der Waals surface area contributed by atoms with Crippen LogP contribution in [-0.4, -0.2) is 31.0 Å². The Morgan fingerprint density at radius 1 is 1.43 bits per heavy atom. The number of hydrogen-bond donors (Lipinski definition) is 2. The molecule has 0 radical (unpaired) electrons. The summed E-state index contributed by atoms with van der Waals surface area (Å²) in [6.45, 7) is 0. The van der Waals surface area contributed by atoms with Crippen molar-refractivity contribution < 1.29 is 17.9 Å². The number of nitrogen functional groups attached to an aromatic ring is 1. The number of nitrogens with zero attached hydrogens (tertiary/aromatic N) is 2. The van der Waals surface area contributed by atoms with Crippen molar-refractivity contribution in [2.45, 2.75) is 5.03 Å². The van der Waals surface area contributed by atoms with E-state index in [-0.39, 0.29) is 22.1 Å². The highest BCUT2D eigenvalue weighted by atomic mass is 32.2. The molecule has 0 saturated heterocycles. The average molecular weight is 310 g/mol. The molecule has 2 rings (SSSR count). The van der Waals surface area contributed by atoms with Crippen LogP contribution in [0, 0.1) is 0 Å². The maximum absolute atomic E-state index is 12.3. The van der Waals surface area contributed by atoms with Crippen LogP contribution in [0.2, 0.25) is 0 Å². The Labute approximate surface area is 121 Å². The Hall–Kier alpha value is -2.55. The van der Waals surface area contributed by atoms with Crippen molar-refractivity contribution >= 4 is 27.5 Å². The Morgan fingerprint density at radius 3 is 2.71 bits per heavy atom. The van der Waals surface area contributed by atoms with Crippen LogP contribution in [0.15, 0.2) is 35.6 Å². The molecule has 3 N–H and O–H groups in total. The van der Waals surface area contributed by atoms with Gasteiger partial charge in [-0.05, 0) is 18.2 Å². The molecular formula is C12H14N4O4S. The number of nitrogens with one attached hydrogen (secondary N) is 1. The van der Waals surface area contributed by atoms with E-state index in [1.54, 1.807) is 0 Å². The van der Waals surface area contributed by atoms with E-state index in [0.29, 0.717) is 0 Å². The number of nitrogens with two attached hydrogens (primary N) is 1. The summed E-state index contributed by atoms with van der Waals surface area (Å²) in [5, 5.41) is -0.147. The first kappa shape index (κ1) is 14.9. The topological polar surface area (TPSA) is 116 Å². The van der Waals surface area contributed by atoms with Gasteiger partial charge in [-0.1, -0.05) is 6.07 Å². The largest absolute Gasteiger partial charge is 0.465 e. The SMILES string of the molecule is COC(=O)c1cccc(NS(=O)(=O)c2c(N)ncn2C)c1. The molecule has 0 bridgehead atoms. The van der Waals surface area contributed by atoms with Gasteiger partial charge in [0.05, 0.1) is 19.0 Å². The molecular weight excluding hydrogens is 296 g/mol. The average Bonchev–Trinajstić information content (AvgIpc) is 2.77. The maximum atomic E-state index is 12.3. The molecule has 0 aliphatic carbocycles. The number of rotatable bonds is 4. The van der Waals surface area contributed by atoms with Gasteiger partial charge in [-0.15, -0.1) is 0 Å². The van der Waals surface area contributed by atoms with Crippen LogP contribution in [0.5, 0.6) is 0 Å². The van der Waals surface area contributed by atoms with Crippen molar-refractivity contribution in [2.75, 3.05) is 17.6 Å². The summed E-state index contributed by atoms with van der Waals surface area (Å²) in [7, 11) is -1.14. The van der Waals surface area contributed by atoms with Gasteiger partial charge in [0.2, 0.25) is 0 Å². The quantitative estimate of drug-likeness (QED) is 0.798. The normalized spacial score (nSPS) is 11.1. The lowest BCUT2D eigenvalue weighted by molar-refractivity contribution is 0.0601. The lowest BCUT2D eigenvalue weighted by atomic mass is 10.2. The zero-order valence-electron chi connectivity index (χ0n) is 11.4. The summed E-state index contributed by atoms with van der Waals surface area (Å²) in [5.41, 5.74) is 6.01. The van der Waals surface area contributed by atoms with E-state index < -0.39 is 16.0 Å². The van der Waals surface area contributed by atoms with Gasteiger partial charge in [-0.3, -0.25) is 4.72 Å². The molecule has 0 unspecified atom stereocenters. The molecule has 0 atom stereocenters. The van der Waals surface area contributed by atoms with E-state index >= 15 is 0 Å². The number of hydrogen-bond acceptors (Lipinski definition) is 6. The Morgan fingerprint density at radius 2 is 2.14 bits per heavy atom. The van der Waals surface area contributed by atoms with Crippen molar-refractivity contribution in [1.82, 2.24) is 9.55 Å². The lowest BCUT2D eigenvalue weighted by Crippen LogP contribution is -2.18. The van der Waals surface area contributed by atoms with E-state index in [2.05, 4.69) is 14.4 Å². The molecule has 21 heavy (non-hydrogen) atoms. The van der Waals surface area contributed by atoms with Crippen molar-refractivity contribution in [3.05, 3.63) is 36.2 Å². The van der Waals surface area contributed by atoms with Gasteiger partial charge >= 0.3 is 5.97 Å². The van der Waals surface area contributed by atoms with Gasteiger partial charge in [0.25, 0.3) is 10.0 Å². The highest BCUT2D eigenvalue weighted by Crippen LogP contribution is 2.20. The third kappa shape index (κ3) is 2.97. The second kappa shape index (κ2) is 5.44. The molecule has 1 heterocycles. The highest BCUT2D eigenvalue weighted by Gasteiger charge is 2.22. The summed E-state index contributed by atoms with van der Waals surface area (Å²) in [5.74, 6) is -0.662. The fourth-order valence-electron chi connectivity index (χ4n) is 1.80. The Balaban J connectivity index is 2.36. The molecule has 0 spiro atoms. The van der Waals surface area contributed by atoms with Crippen LogP contribution < -0.4 is 10.5 Å². The smallest absolute Gasteiger partial charge is 0.337 e. The third-order valence-electron chi connectivity index (χ3n) is 2.70. The van der Waals surface area contributed by atoms with E-state index in [1.807, 2.05) is 0 Å². The highest BCUT2D eigenvalue weighted by molar-refractivity contribution is 7.92. The van der Waals surface area contributed by atoms with Crippen molar-refractivity contribution in [3.8, 4) is 0 Å². The number of benzene rings is 1. The molecule has 112 valence electrons. The molecule has 0 amide bonds. The molecule has 8 nitrogen and oxygen atoms in total. The first-order valence-corrected chi connectivity index (χ1v) is 7.31. The number of carbonyl (C=O) groups is 1. The Kier molecular flexibility index (Phi) is 3.85. The number of aryl methyl sites for hydroxylation is 1. The van der Waals surface area contributed by atoms with Crippen LogP contribution in [0.3, 0.4) is 0 Å². The van der Waals surface area contributed by atoms with E-state index in [1.165, 1.54) is 49.3 Å². The lowest BCUT2D eigenvalue weighted by Gasteiger charge is -2.09. The maximum Gasteiger partial charge on any atom is 0.337 e. The summed E-state index contributed by atoms with van der Waals surface area (Å²) in [4.78, 5) is 15.2. The minimum absolute atomic E-state index is 0.103. The summed E-state index contributed by atoms with van der Waals surface area (Å²) < 4.78 is 32.8. The first-order valence-electron chi connectivity index (χ1n) is 5.83. The van der Waals surface area contributed by atoms with Crippen molar-refractivity contribution in [1.29, 1.82) is 0 Å². The summed E-state index contributed by atoms with van der Waals surface area (Å²) in [6.07, 6.45) is 1.30. The van der Waals surface area contributed by atoms with Crippen LogP contribution >= 0.6 is 0 Å². The van der Waals surface area contributed by atoms with Gasteiger partial charge in [-0.2, -0.15) is 8.42 Å². The Bertz CT molecular complexity index is 763. The molecule has 9 heteroatoms.